The van der Waals surface area contributed by atoms with E-state index in [1.807, 2.05) is 0 Å². The van der Waals surface area contributed by atoms with E-state index in [0.29, 0.717) is 5.56 Å². The van der Waals surface area contributed by atoms with Gasteiger partial charge in [0.15, 0.2) is 6.10 Å². The van der Waals surface area contributed by atoms with Crippen LogP contribution in [0.5, 0.6) is 0 Å². The molecule has 4 nitrogen and oxygen atoms in total. The Hall–Kier alpha value is -1.27. The van der Waals surface area contributed by atoms with Crippen molar-refractivity contribution >= 4 is 27.7 Å². The molecule has 92 valence electrons. The van der Waals surface area contributed by atoms with Crippen LogP contribution in [0.4, 0.5) is 4.39 Å². The van der Waals surface area contributed by atoms with Crippen LogP contribution >= 0.6 is 15.9 Å². The number of aliphatic carboxylic acids is 1. The number of benzene rings is 1. The van der Waals surface area contributed by atoms with E-state index in [2.05, 4.69) is 15.9 Å². The topological polar surface area (TPSA) is 74.6 Å². The number of carbonyl (C=O) groups is 2. The number of carboxylic acid groups (broad SMARTS) is 1. The Morgan fingerprint density at radius 3 is 2.53 bits per heavy atom. The van der Waals surface area contributed by atoms with Crippen molar-refractivity contribution in [2.75, 3.05) is 5.33 Å². The molecule has 1 aromatic rings. The van der Waals surface area contributed by atoms with E-state index >= 15 is 0 Å². The molecule has 0 bridgehead atoms. The van der Waals surface area contributed by atoms with E-state index in [9.17, 15) is 19.1 Å². The minimum Gasteiger partial charge on any atom is -0.479 e. The molecule has 1 rings (SSSR count). The monoisotopic (exact) mass is 304 g/mol. The summed E-state index contributed by atoms with van der Waals surface area (Å²) in [7, 11) is 0. The highest BCUT2D eigenvalue weighted by Crippen LogP contribution is 2.19. The summed E-state index contributed by atoms with van der Waals surface area (Å²) in [6, 6.07) is 3.65. The summed E-state index contributed by atoms with van der Waals surface area (Å²) in [5, 5.41) is 17.9. The van der Waals surface area contributed by atoms with Gasteiger partial charge in [-0.1, -0.05) is 28.1 Å². The number of Topliss-reactive ketones (excluding diaryl/α,β-unsaturated/α-hetero) is 1. The Balaban J connectivity index is 2.94. The summed E-state index contributed by atoms with van der Waals surface area (Å²) < 4.78 is 13.5. The molecule has 2 N–H and O–H groups in total. The standard InChI is InChI=1S/C11H10BrFO4/c12-5-7(14)3-6-1-2-8(9(13)4-6)10(15)11(16)17/h1-2,4,10,15H,3,5H2,(H,16,17). The van der Waals surface area contributed by atoms with Gasteiger partial charge in [-0.15, -0.1) is 0 Å². The molecular weight excluding hydrogens is 295 g/mol. The molecule has 0 heterocycles. The summed E-state index contributed by atoms with van der Waals surface area (Å²) in [6.07, 6.45) is -1.83. The van der Waals surface area contributed by atoms with Gasteiger partial charge in [0.1, 0.15) is 11.6 Å². The minimum atomic E-state index is -1.89. The lowest BCUT2D eigenvalue weighted by molar-refractivity contribution is -0.147. The number of carbonyl (C=O) groups excluding carboxylic acids is 1. The van der Waals surface area contributed by atoms with Crippen molar-refractivity contribution in [2.24, 2.45) is 0 Å². The van der Waals surface area contributed by atoms with Gasteiger partial charge in [0.05, 0.1) is 5.33 Å². The van der Waals surface area contributed by atoms with Gasteiger partial charge < -0.3 is 10.2 Å². The molecule has 0 amide bonds. The third-order valence-corrected chi connectivity index (χ3v) is 2.77. The molecule has 6 heteroatoms. The van der Waals surface area contributed by atoms with Crippen molar-refractivity contribution in [1.82, 2.24) is 0 Å². The lowest BCUT2D eigenvalue weighted by atomic mass is 10.0. The first kappa shape index (κ1) is 13.8. The molecule has 0 fully saturated rings. The lowest BCUT2D eigenvalue weighted by Gasteiger charge is -2.08. The number of alkyl halides is 1. The zero-order valence-corrected chi connectivity index (χ0v) is 10.3. The van der Waals surface area contributed by atoms with E-state index in [4.69, 9.17) is 5.11 Å². The van der Waals surface area contributed by atoms with Crippen LogP contribution in [-0.4, -0.2) is 27.3 Å². The maximum absolute atomic E-state index is 13.5. The summed E-state index contributed by atoms with van der Waals surface area (Å²) in [5.41, 5.74) is 0.126. The van der Waals surface area contributed by atoms with Crippen molar-refractivity contribution in [3.8, 4) is 0 Å². The molecule has 0 aliphatic carbocycles. The molecule has 0 saturated carbocycles. The second kappa shape index (κ2) is 5.88. The number of rotatable bonds is 5. The predicted octanol–water partition coefficient (Wildman–Crippen LogP) is 1.45. The second-order valence-electron chi connectivity index (χ2n) is 3.45. The first-order valence-corrected chi connectivity index (χ1v) is 5.84. The second-order valence-corrected chi connectivity index (χ2v) is 4.01. The fraction of sp³-hybridized carbons (Fsp3) is 0.273. The fourth-order valence-corrected chi connectivity index (χ4v) is 1.51. The number of hydrogen-bond donors (Lipinski definition) is 2. The highest BCUT2D eigenvalue weighted by molar-refractivity contribution is 9.09. The average Bonchev–Trinajstić information content (AvgIpc) is 2.28. The van der Waals surface area contributed by atoms with Crippen molar-refractivity contribution in [1.29, 1.82) is 0 Å². The molecule has 0 spiro atoms. The SMILES string of the molecule is O=C(CBr)Cc1ccc(C(O)C(=O)O)c(F)c1. The maximum atomic E-state index is 13.5. The number of carboxylic acids is 1. The Labute approximate surface area is 105 Å². The molecule has 0 aliphatic rings. The molecule has 1 unspecified atom stereocenters. The number of aliphatic hydroxyl groups is 1. The highest BCUT2D eigenvalue weighted by Gasteiger charge is 2.20. The zero-order valence-electron chi connectivity index (χ0n) is 8.69. The first-order chi connectivity index (χ1) is 7.95. The largest absolute Gasteiger partial charge is 0.479 e. The van der Waals surface area contributed by atoms with Crippen LogP contribution in [0.25, 0.3) is 0 Å². The Morgan fingerprint density at radius 2 is 2.06 bits per heavy atom. The third-order valence-electron chi connectivity index (χ3n) is 2.14. The van der Waals surface area contributed by atoms with E-state index < -0.39 is 17.9 Å². The zero-order chi connectivity index (χ0) is 13.0. The predicted molar refractivity (Wildman–Crippen MR) is 61.5 cm³/mol. The van der Waals surface area contributed by atoms with E-state index in [-0.39, 0.29) is 23.1 Å². The van der Waals surface area contributed by atoms with Crippen molar-refractivity contribution in [3.05, 3.63) is 35.1 Å². The Kier molecular flexibility index (Phi) is 4.77. The van der Waals surface area contributed by atoms with Gasteiger partial charge in [0.25, 0.3) is 0 Å². The van der Waals surface area contributed by atoms with E-state index in [0.717, 1.165) is 6.07 Å². The van der Waals surface area contributed by atoms with Gasteiger partial charge in [-0.2, -0.15) is 0 Å². The third kappa shape index (κ3) is 3.61. The highest BCUT2D eigenvalue weighted by atomic mass is 79.9. The van der Waals surface area contributed by atoms with Gasteiger partial charge in [-0.05, 0) is 11.6 Å². The number of halogens is 2. The molecule has 1 aromatic carbocycles. The summed E-state index contributed by atoms with van der Waals surface area (Å²) in [6.45, 7) is 0. The normalized spacial score (nSPS) is 12.2. The molecule has 0 aliphatic heterocycles. The number of aliphatic hydroxyl groups excluding tert-OH is 1. The van der Waals surface area contributed by atoms with Crippen molar-refractivity contribution in [3.63, 3.8) is 0 Å². The Bertz CT molecular complexity index is 447. The summed E-state index contributed by atoms with van der Waals surface area (Å²) >= 11 is 2.99. The van der Waals surface area contributed by atoms with Crippen LogP contribution in [0.3, 0.4) is 0 Å². The van der Waals surface area contributed by atoms with Crippen molar-refractivity contribution < 1.29 is 24.2 Å². The van der Waals surface area contributed by atoms with Gasteiger partial charge in [-0.3, -0.25) is 4.79 Å². The molecular formula is C11H10BrFO4. The van der Waals surface area contributed by atoms with Crippen LogP contribution in [-0.2, 0) is 16.0 Å². The molecule has 0 radical (unpaired) electrons. The number of ketones is 1. The average molecular weight is 305 g/mol. The fourth-order valence-electron chi connectivity index (χ4n) is 1.31. The molecule has 0 saturated heterocycles. The van der Waals surface area contributed by atoms with E-state index in [1.54, 1.807) is 0 Å². The smallest absolute Gasteiger partial charge is 0.337 e. The summed E-state index contributed by atoms with van der Waals surface area (Å²) in [5.74, 6) is -2.47. The van der Waals surface area contributed by atoms with Crippen molar-refractivity contribution in [2.45, 2.75) is 12.5 Å². The van der Waals surface area contributed by atoms with Crippen LogP contribution in [0.15, 0.2) is 18.2 Å². The van der Waals surface area contributed by atoms with Gasteiger partial charge in [0, 0.05) is 12.0 Å². The summed E-state index contributed by atoms with van der Waals surface area (Å²) in [4.78, 5) is 21.6. The van der Waals surface area contributed by atoms with Crippen LogP contribution in [0.2, 0.25) is 0 Å². The quantitative estimate of drug-likeness (QED) is 0.808. The molecule has 1 atom stereocenters. The van der Waals surface area contributed by atoms with E-state index in [1.165, 1.54) is 12.1 Å². The van der Waals surface area contributed by atoms with Crippen LogP contribution in [0, 0.1) is 5.82 Å². The minimum absolute atomic E-state index is 0.0611. The Morgan fingerprint density at radius 1 is 1.41 bits per heavy atom. The van der Waals surface area contributed by atoms with Gasteiger partial charge >= 0.3 is 5.97 Å². The van der Waals surface area contributed by atoms with Crippen LogP contribution in [0.1, 0.15) is 17.2 Å². The first-order valence-electron chi connectivity index (χ1n) is 4.72. The molecule has 17 heavy (non-hydrogen) atoms. The van der Waals surface area contributed by atoms with Crippen LogP contribution < -0.4 is 0 Å². The molecule has 0 aromatic heterocycles. The lowest BCUT2D eigenvalue weighted by Crippen LogP contribution is -2.13. The van der Waals surface area contributed by atoms with Gasteiger partial charge in [-0.25, -0.2) is 9.18 Å². The maximum Gasteiger partial charge on any atom is 0.337 e. The number of hydrogen-bond acceptors (Lipinski definition) is 3. The van der Waals surface area contributed by atoms with Gasteiger partial charge in [0.2, 0.25) is 0 Å².